The van der Waals surface area contributed by atoms with Gasteiger partial charge in [0.2, 0.25) is 0 Å². The summed E-state index contributed by atoms with van der Waals surface area (Å²) in [6, 6.07) is 6.17. The Bertz CT molecular complexity index is 446. The number of benzene rings is 1. The molecule has 1 aliphatic heterocycles. The highest BCUT2D eigenvalue weighted by Crippen LogP contribution is 2.33. The third kappa shape index (κ3) is 3.37. The lowest BCUT2D eigenvalue weighted by molar-refractivity contribution is -0.143. The third-order valence-electron chi connectivity index (χ3n) is 4.07. The Morgan fingerprint density at radius 2 is 2.15 bits per heavy atom. The minimum absolute atomic E-state index is 0.0825. The van der Waals surface area contributed by atoms with Crippen molar-refractivity contribution in [2.45, 2.75) is 51.1 Å². The molecule has 1 aliphatic rings. The molecule has 0 amide bonds. The van der Waals surface area contributed by atoms with Gasteiger partial charge in [0.05, 0.1) is 0 Å². The number of likely N-dealkylation sites (tertiary alicyclic amines) is 1. The van der Waals surface area contributed by atoms with Crippen LogP contribution in [0.1, 0.15) is 50.6 Å². The Morgan fingerprint density at radius 1 is 1.45 bits per heavy atom. The molecule has 0 aliphatic carbocycles. The first-order valence-corrected chi connectivity index (χ1v) is 7.37. The molecule has 0 saturated carbocycles. The maximum absolute atomic E-state index is 13.1. The van der Waals surface area contributed by atoms with Crippen LogP contribution in [0.5, 0.6) is 0 Å². The predicted molar refractivity (Wildman–Crippen MR) is 76.0 cm³/mol. The summed E-state index contributed by atoms with van der Waals surface area (Å²) in [5.74, 6) is -0.995. The highest BCUT2D eigenvalue weighted by molar-refractivity contribution is 5.73. The van der Waals surface area contributed by atoms with Gasteiger partial charge < -0.3 is 5.11 Å². The van der Waals surface area contributed by atoms with Crippen LogP contribution in [0.2, 0.25) is 0 Å². The Hall–Kier alpha value is -1.42. The fraction of sp³-hybridized carbons (Fsp3) is 0.562. The molecule has 2 atom stereocenters. The second-order valence-corrected chi connectivity index (χ2v) is 5.44. The van der Waals surface area contributed by atoms with Crippen molar-refractivity contribution in [3.8, 4) is 0 Å². The Balaban J connectivity index is 2.22. The maximum atomic E-state index is 13.1. The molecule has 2 unspecified atom stereocenters. The second kappa shape index (κ2) is 6.84. The highest BCUT2D eigenvalue weighted by atomic mass is 19.1. The van der Waals surface area contributed by atoms with Crippen LogP contribution < -0.4 is 0 Å². The SMILES string of the molecule is CCCCC(c1ccc(F)cc1)N1CCCC1C(=O)O. The van der Waals surface area contributed by atoms with E-state index < -0.39 is 12.0 Å². The smallest absolute Gasteiger partial charge is 0.320 e. The van der Waals surface area contributed by atoms with Gasteiger partial charge in [0.1, 0.15) is 11.9 Å². The molecule has 110 valence electrons. The summed E-state index contributed by atoms with van der Waals surface area (Å²) in [5, 5.41) is 9.35. The van der Waals surface area contributed by atoms with Crippen LogP contribution in [0.3, 0.4) is 0 Å². The number of hydrogen-bond donors (Lipinski definition) is 1. The van der Waals surface area contributed by atoms with E-state index in [0.717, 1.165) is 37.8 Å². The molecule has 1 aromatic rings. The van der Waals surface area contributed by atoms with E-state index in [1.54, 1.807) is 12.1 Å². The monoisotopic (exact) mass is 279 g/mol. The zero-order valence-electron chi connectivity index (χ0n) is 11.9. The summed E-state index contributed by atoms with van der Waals surface area (Å²) >= 11 is 0. The molecule has 1 saturated heterocycles. The first-order chi connectivity index (χ1) is 9.63. The number of carbonyl (C=O) groups is 1. The Labute approximate surface area is 119 Å². The van der Waals surface area contributed by atoms with Crippen molar-refractivity contribution in [1.82, 2.24) is 4.90 Å². The average Bonchev–Trinajstić information content (AvgIpc) is 2.90. The second-order valence-electron chi connectivity index (χ2n) is 5.44. The van der Waals surface area contributed by atoms with E-state index in [-0.39, 0.29) is 11.9 Å². The molecule has 20 heavy (non-hydrogen) atoms. The summed E-state index contributed by atoms with van der Waals surface area (Å²) in [7, 11) is 0. The molecule has 1 heterocycles. The maximum Gasteiger partial charge on any atom is 0.320 e. The van der Waals surface area contributed by atoms with E-state index in [4.69, 9.17) is 0 Å². The van der Waals surface area contributed by atoms with Gasteiger partial charge in [-0.05, 0) is 43.5 Å². The highest BCUT2D eigenvalue weighted by Gasteiger charge is 2.35. The molecule has 0 aromatic heterocycles. The van der Waals surface area contributed by atoms with Crippen molar-refractivity contribution < 1.29 is 14.3 Å². The summed E-state index contributed by atoms with van der Waals surface area (Å²) < 4.78 is 13.1. The van der Waals surface area contributed by atoms with Crippen LogP contribution in [-0.4, -0.2) is 28.6 Å². The molecule has 1 N–H and O–H groups in total. The number of hydrogen-bond acceptors (Lipinski definition) is 2. The molecule has 0 bridgehead atoms. The molecular formula is C16H22FNO2. The standard InChI is InChI=1S/C16H22FNO2/c1-2-3-5-14(12-7-9-13(17)10-8-12)18-11-4-6-15(18)16(19)20/h7-10,14-15H,2-6,11H2,1H3,(H,19,20). The van der Waals surface area contributed by atoms with Gasteiger partial charge in [0.25, 0.3) is 0 Å². The lowest BCUT2D eigenvalue weighted by Crippen LogP contribution is -2.38. The molecule has 1 fully saturated rings. The summed E-state index contributed by atoms with van der Waals surface area (Å²) in [6.45, 7) is 2.93. The normalized spacial score (nSPS) is 21.0. The zero-order valence-corrected chi connectivity index (χ0v) is 11.9. The van der Waals surface area contributed by atoms with E-state index >= 15 is 0 Å². The van der Waals surface area contributed by atoms with Crippen molar-refractivity contribution in [2.24, 2.45) is 0 Å². The fourth-order valence-corrected chi connectivity index (χ4v) is 3.03. The Morgan fingerprint density at radius 3 is 2.75 bits per heavy atom. The number of nitrogens with zero attached hydrogens (tertiary/aromatic N) is 1. The summed E-state index contributed by atoms with van der Waals surface area (Å²) in [4.78, 5) is 13.4. The lowest BCUT2D eigenvalue weighted by Gasteiger charge is -2.31. The van der Waals surface area contributed by atoms with E-state index in [0.29, 0.717) is 6.42 Å². The fourth-order valence-electron chi connectivity index (χ4n) is 3.03. The number of aliphatic carboxylic acids is 1. The van der Waals surface area contributed by atoms with Crippen molar-refractivity contribution in [3.63, 3.8) is 0 Å². The van der Waals surface area contributed by atoms with Crippen molar-refractivity contribution in [3.05, 3.63) is 35.6 Å². The van der Waals surface area contributed by atoms with Crippen molar-refractivity contribution in [1.29, 1.82) is 0 Å². The van der Waals surface area contributed by atoms with Gasteiger partial charge in [-0.15, -0.1) is 0 Å². The number of unbranched alkanes of at least 4 members (excludes halogenated alkanes) is 1. The van der Waals surface area contributed by atoms with Crippen LogP contribution in [0.15, 0.2) is 24.3 Å². The zero-order chi connectivity index (χ0) is 14.5. The van der Waals surface area contributed by atoms with Gasteiger partial charge in [-0.2, -0.15) is 0 Å². The van der Waals surface area contributed by atoms with Gasteiger partial charge in [-0.1, -0.05) is 31.9 Å². The van der Waals surface area contributed by atoms with Gasteiger partial charge >= 0.3 is 5.97 Å². The van der Waals surface area contributed by atoms with Crippen LogP contribution in [-0.2, 0) is 4.79 Å². The topological polar surface area (TPSA) is 40.5 Å². The van der Waals surface area contributed by atoms with Gasteiger partial charge in [0, 0.05) is 6.04 Å². The third-order valence-corrected chi connectivity index (χ3v) is 4.07. The number of halogens is 1. The van der Waals surface area contributed by atoms with Crippen LogP contribution in [0, 0.1) is 5.82 Å². The predicted octanol–water partition coefficient (Wildman–Crippen LogP) is 3.61. The summed E-state index contributed by atoms with van der Waals surface area (Å²) in [6.07, 6.45) is 4.67. The minimum atomic E-state index is -0.744. The molecule has 3 nitrogen and oxygen atoms in total. The summed E-state index contributed by atoms with van der Waals surface area (Å²) in [5.41, 5.74) is 1.02. The molecule has 2 rings (SSSR count). The average molecular weight is 279 g/mol. The van der Waals surface area contributed by atoms with E-state index in [1.807, 2.05) is 0 Å². The number of carboxylic acid groups (broad SMARTS) is 1. The van der Waals surface area contributed by atoms with Crippen molar-refractivity contribution >= 4 is 5.97 Å². The van der Waals surface area contributed by atoms with Gasteiger partial charge in [-0.25, -0.2) is 4.39 Å². The Kier molecular flexibility index (Phi) is 5.12. The molecule has 0 radical (unpaired) electrons. The number of rotatable bonds is 6. The van der Waals surface area contributed by atoms with E-state index in [2.05, 4.69) is 11.8 Å². The van der Waals surface area contributed by atoms with Crippen LogP contribution in [0.25, 0.3) is 0 Å². The molecule has 0 spiro atoms. The van der Waals surface area contributed by atoms with Gasteiger partial charge in [-0.3, -0.25) is 9.69 Å². The van der Waals surface area contributed by atoms with E-state index in [9.17, 15) is 14.3 Å². The minimum Gasteiger partial charge on any atom is -0.480 e. The van der Waals surface area contributed by atoms with Gasteiger partial charge in [0.15, 0.2) is 0 Å². The van der Waals surface area contributed by atoms with Crippen LogP contribution in [0.4, 0.5) is 4.39 Å². The van der Waals surface area contributed by atoms with Crippen LogP contribution >= 0.6 is 0 Å². The lowest BCUT2D eigenvalue weighted by atomic mass is 9.98. The van der Waals surface area contributed by atoms with E-state index in [1.165, 1.54) is 12.1 Å². The number of carboxylic acids is 1. The molecule has 4 heteroatoms. The first kappa shape index (κ1) is 15.0. The molecule has 1 aromatic carbocycles. The quantitative estimate of drug-likeness (QED) is 0.865. The molecular weight excluding hydrogens is 257 g/mol. The largest absolute Gasteiger partial charge is 0.480 e. The first-order valence-electron chi connectivity index (χ1n) is 7.37. The van der Waals surface area contributed by atoms with Crippen molar-refractivity contribution in [2.75, 3.05) is 6.54 Å².